The van der Waals surface area contributed by atoms with E-state index in [9.17, 15) is 0 Å². The van der Waals surface area contributed by atoms with E-state index in [1.807, 2.05) is 25.2 Å². The zero-order chi connectivity index (χ0) is 6.53. The maximum Gasteiger partial charge on any atom is 0.0202 e. The highest BCUT2D eigenvalue weighted by Crippen LogP contribution is 1.95. The van der Waals surface area contributed by atoms with Gasteiger partial charge in [0.2, 0.25) is 0 Å². The number of nitrogens with one attached hydrogen (secondary N) is 1. The van der Waals surface area contributed by atoms with Crippen LogP contribution in [0.2, 0.25) is 0 Å². The van der Waals surface area contributed by atoms with Gasteiger partial charge in [0.1, 0.15) is 0 Å². The Hall–Kier alpha value is -0.390. The number of benzene rings is 1. The van der Waals surface area contributed by atoms with Crippen LogP contribution in [-0.4, -0.2) is 7.05 Å². The van der Waals surface area contributed by atoms with E-state index in [2.05, 4.69) is 17.4 Å². The van der Waals surface area contributed by atoms with Gasteiger partial charge in [-0.2, -0.15) is 9.90 Å². The van der Waals surface area contributed by atoms with Gasteiger partial charge in [-0.05, 0) is 12.6 Å². The molecule has 0 aliphatic carbocycles. The van der Waals surface area contributed by atoms with Gasteiger partial charge in [-0.15, -0.1) is 0 Å². The first kappa shape index (κ1) is 9.61. The predicted octanol–water partition coefficient (Wildman–Crippen LogP) is 1.46. The normalized spacial score (nSPS) is 8.50. The van der Waals surface area contributed by atoms with Crippen LogP contribution in [0.4, 0.5) is 0 Å². The molecule has 10 heavy (non-hydrogen) atoms. The topological polar surface area (TPSA) is 12.0 Å². The van der Waals surface area contributed by atoms with Gasteiger partial charge in [0.25, 0.3) is 0 Å². The van der Waals surface area contributed by atoms with Crippen LogP contribution in [0.3, 0.4) is 0 Å². The second-order valence-electron chi connectivity index (χ2n) is 2.02. The average Bonchev–Trinajstić information content (AvgIpc) is 1.91. The SMILES string of the molecule is CNCc1ccccc1.P. The van der Waals surface area contributed by atoms with Crippen molar-refractivity contribution in [3.05, 3.63) is 35.9 Å². The fraction of sp³-hybridized carbons (Fsp3) is 0.250. The summed E-state index contributed by atoms with van der Waals surface area (Å²) in [5.74, 6) is 0. The van der Waals surface area contributed by atoms with E-state index in [0.717, 1.165) is 6.54 Å². The number of hydrogen-bond donors (Lipinski definition) is 1. The second-order valence-corrected chi connectivity index (χ2v) is 2.02. The van der Waals surface area contributed by atoms with E-state index >= 15 is 0 Å². The Kier molecular flexibility index (Phi) is 5.19. The standard InChI is InChI=1S/C8H11N.H3P/c1-9-7-8-5-3-2-4-6-8;/h2-6,9H,7H2,1H3;1H3. The zero-order valence-corrected chi connectivity index (χ0v) is 7.72. The molecule has 1 nitrogen and oxygen atoms in total. The van der Waals surface area contributed by atoms with Crippen molar-refractivity contribution >= 4 is 9.90 Å². The molecule has 0 amide bonds. The van der Waals surface area contributed by atoms with E-state index in [4.69, 9.17) is 0 Å². The molecule has 1 unspecified atom stereocenters. The fourth-order valence-electron chi connectivity index (χ4n) is 0.800. The molecule has 0 aromatic heterocycles. The van der Waals surface area contributed by atoms with Crippen LogP contribution in [0.1, 0.15) is 5.56 Å². The van der Waals surface area contributed by atoms with E-state index in [-0.39, 0.29) is 9.90 Å². The number of rotatable bonds is 2. The summed E-state index contributed by atoms with van der Waals surface area (Å²) in [7, 11) is 1.95. The third kappa shape index (κ3) is 2.95. The van der Waals surface area contributed by atoms with Gasteiger partial charge in [0, 0.05) is 6.54 Å². The Balaban J connectivity index is 0.000000810. The summed E-state index contributed by atoms with van der Waals surface area (Å²) in [6.45, 7) is 0.959. The zero-order valence-electron chi connectivity index (χ0n) is 6.30. The maximum atomic E-state index is 3.08. The molecule has 0 bridgehead atoms. The van der Waals surface area contributed by atoms with Gasteiger partial charge in [-0.3, -0.25) is 0 Å². The van der Waals surface area contributed by atoms with E-state index in [1.165, 1.54) is 5.56 Å². The van der Waals surface area contributed by atoms with Crippen molar-refractivity contribution in [1.29, 1.82) is 0 Å². The highest BCUT2D eigenvalue weighted by molar-refractivity contribution is 6.92. The van der Waals surface area contributed by atoms with Gasteiger partial charge >= 0.3 is 0 Å². The number of hydrogen-bond acceptors (Lipinski definition) is 1. The molecule has 56 valence electrons. The first-order valence-corrected chi connectivity index (χ1v) is 3.12. The Bertz CT molecular complexity index is 162. The van der Waals surface area contributed by atoms with Crippen LogP contribution in [0.15, 0.2) is 30.3 Å². The largest absolute Gasteiger partial charge is 0.316 e. The quantitative estimate of drug-likeness (QED) is 0.637. The van der Waals surface area contributed by atoms with Gasteiger partial charge in [0.05, 0.1) is 0 Å². The minimum atomic E-state index is 0. The van der Waals surface area contributed by atoms with Gasteiger partial charge in [-0.25, -0.2) is 0 Å². The maximum absolute atomic E-state index is 3.08. The smallest absolute Gasteiger partial charge is 0.0202 e. The van der Waals surface area contributed by atoms with Crippen molar-refractivity contribution < 1.29 is 0 Å². The van der Waals surface area contributed by atoms with Gasteiger partial charge in [-0.1, -0.05) is 30.3 Å². The molecule has 0 radical (unpaired) electrons. The van der Waals surface area contributed by atoms with Crippen LogP contribution < -0.4 is 5.32 Å². The molecule has 0 fully saturated rings. The molecule has 0 saturated carbocycles. The van der Waals surface area contributed by atoms with Crippen molar-refractivity contribution in [3.63, 3.8) is 0 Å². The first-order chi connectivity index (χ1) is 4.43. The molecule has 2 heteroatoms. The lowest BCUT2D eigenvalue weighted by molar-refractivity contribution is 0.818. The summed E-state index contributed by atoms with van der Waals surface area (Å²) >= 11 is 0. The molecule has 0 saturated heterocycles. The molecule has 1 aromatic carbocycles. The van der Waals surface area contributed by atoms with E-state index in [1.54, 1.807) is 0 Å². The van der Waals surface area contributed by atoms with Gasteiger partial charge in [0.15, 0.2) is 0 Å². The molecular formula is C8H14NP. The van der Waals surface area contributed by atoms with Crippen molar-refractivity contribution in [2.24, 2.45) is 0 Å². The molecule has 0 aliphatic rings. The Labute approximate surface area is 65.5 Å². The molecular weight excluding hydrogens is 141 g/mol. The Morgan fingerprint density at radius 3 is 2.30 bits per heavy atom. The van der Waals surface area contributed by atoms with Crippen molar-refractivity contribution in [1.82, 2.24) is 5.32 Å². The van der Waals surface area contributed by atoms with Crippen LogP contribution >= 0.6 is 9.90 Å². The third-order valence-electron chi connectivity index (χ3n) is 1.22. The molecule has 1 rings (SSSR count). The van der Waals surface area contributed by atoms with Crippen LogP contribution in [-0.2, 0) is 6.54 Å². The van der Waals surface area contributed by atoms with E-state index < -0.39 is 0 Å². The molecule has 1 aromatic rings. The molecule has 0 spiro atoms. The highest BCUT2D eigenvalue weighted by atomic mass is 31.0. The molecule has 1 N–H and O–H groups in total. The Morgan fingerprint density at radius 2 is 1.80 bits per heavy atom. The van der Waals surface area contributed by atoms with Crippen LogP contribution in [0.5, 0.6) is 0 Å². The average molecular weight is 155 g/mol. The lowest BCUT2D eigenvalue weighted by Gasteiger charge is -1.95. The third-order valence-corrected chi connectivity index (χ3v) is 1.22. The first-order valence-electron chi connectivity index (χ1n) is 3.12. The fourth-order valence-corrected chi connectivity index (χ4v) is 0.800. The summed E-state index contributed by atoms with van der Waals surface area (Å²) in [6.07, 6.45) is 0. The van der Waals surface area contributed by atoms with Gasteiger partial charge < -0.3 is 5.32 Å². The molecule has 0 aliphatic heterocycles. The van der Waals surface area contributed by atoms with Crippen molar-refractivity contribution in [2.75, 3.05) is 7.05 Å². The minimum Gasteiger partial charge on any atom is -0.316 e. The monoisotopic (exact) mass is 155 g/mol. The van der Waals surface area contributed by atoms with Crippen molar-refractivity contribution in [3.8, 4) is 0 Å². The summed E-state index contributed by atoms with van der Waals surface area (Å²) in [5, 5.41) is 3.08. The summed E-state index contributed by atoms with van der Waals surface area (Å²) < 4.78 is 0. The van der Waals surface area contributed by atoms with Crippen LogP contribution in [0.25, 0.3) is 0 Å². The van der Waals surface area contributed by atoms with E-state index in [0.29, 0.717) is 0 Å². The summed E-state index contributed by atoms with van der Waals surface area (Å²) in [4.78, 5) is 0. The predicted molar refractivity (Wildman–Crippen MR) is 50.3 cm³/mol. The lowest BCUT2D eigenvalue weighted by Crippen LogP contribution is -2.04. The van der Waals surface area contributed by atoms with Crippen LogP contribution in [0, 0.1) is 0 Å². The van der Waals surface area contributed by atoms with Crippen molar-refractivity contribution in [2.45, 2.75) is 6.54 Å². The summed E-state index contributed by atoms with van der Waals surface area (Å²) in [6, 6.07) is 10.3. The second kappa shape index (κ2) is 5.40. The summed E-state index contributed by atoms with van der Waals surface area (Å²) in [5.41, 5.74) is 1.33. The lowest BCUT2D eigenvalue weighted by atomic mass is 10.2. The highest BCUT2D eigenvalue weighted by Gasteiger charge is 1.83. The molecule has 1 atom stereocenters. The molecule has 0 heterocycles. The minimum absolute atomic E-state index is 0. The Morgan fingerprint density at radius 1 is 1.20 bits per heavy atom.